The lowest BCUT2D eigenvalue weighted by Gasteiger charge is -2.32. The summed E-state index contributed by atoms with van der Waals surface area (Å²) in [5.74, 6) is 2.78. The molecule has 8 bridgehead atoms. The Balaban J connectivity index is 1.43. The predicted molar refractivity (Wildman–Crippen MR) is 286 cm³/mol. The van der Waals surface area contributed by atoms with Crippen LogP contribution in [0.5, 0.6) is 0 Å². The summed E-state index contributed by atoms with van der Waals surface area (Å²) in [4.78, 5) is 18.9. The van der Waals surface area contributed by atoms with Crippen molar-refractivity contribution < 1.29 is 13.6 Å². The molecule has 342 valence electrons. The molecule has 8 heteroatoms. The van der Waals surface area contributed by atoms with Crippen molar-refractivity contribution in [2.24, 2.45) is 0 Å². The molecule has 7 aromatic rings. The molecule has 2 aliphatic heterocycles. The van der Waals surface area contributed by atoms with E-state index in [2.05, 4.69) is 142 Å². The zero-order valence-electron chi connectivity index (χ0n) is 41.2. The Bertz CT molecular complexity index is 3390. The van der Waals surface area contributed by atoms with Crippen LogP contribution >= 0.6 is 7.60 Å². The molecule has 9 rings (SSSR count). The van der Waals surface area contributed by atoms with Gasteiger partial charge in [0.15, 0.2) is 0 Å². The summed E-state index contributed by atoms with van der Waals surface area (Å²) in [5.41, 5.74) is 21.2. The van der Waals surface area contributed by atoms with Crippen LogP contribution in [0.15, 0.2) is 97.1 Å². The van der Waals surface area contributed by atoms with Gasteiger partial charge in [0.2, 0.25) is 0 Å². The smallest absolute Gasteiger partial charge is 0.354 e. The first-order valence-electron chi connectivity index (χ1n) is 23.2. The van der Waals surface area contributed by atoms with E-state index in [1.807, 2.05) is 77.9 Å². The zero-order valence-corrected chi connectivity index (χ0v) is 42.1. The number of benzene rings is 4. The fourth-order valence-corrected chi connectivity index (χ4v) is 12.1. The fourth-order valence-electron chi connectivity index (χ4n) is 9.88. The second kappa shape index (κ2) is 17.4. The van der Waals surface area contributed by atoms with Gasteiger partial charge in [0, 0.05) is 49.9 Å². The Morgan fingerprint density at radius 3 is 1.13 bits per heavy atom. The molecule has 0 aliphatic carbocycles. The van der Waals surface area contributed by atoms with Crippen LogP contribution in [0.1, 0.15) is 103 Å². The molecule has 0 saturated heterocycles. The van der Waals surface area contributed by atoms with E-state index in [9.17, 15) is 4.57 Å². The van der Waals surface area contributed by atoms with Gasteiger partial charge in [0.25, 0.3) is 0 Å². The van der Waals surface area contributed by atoms with Crippen LogP contribution in [0.25, 0.3) is 90.9 Å². The lowest BCUT2D eigenvalue weighted by molar-refractivity contribution is 0.0548. The number of aromatic amines is 2. The zero-order chi connectivity index (χ0) is 48.4. The normalized spacial score (nSPS) is 12.8. The molecule has 0 spiro atoms. The van der Waals surface area contributed by atoms with E-state index in [1.165, 1.54) is 11.1 Å². The highest BCUT2D eigenvalue weighted by molar-refractivity contribution is 7.62. The standard InChI is InChI=1S/C60H59N4O3P/c1-14-41-15-17-42(18-16-41)55-45-23-27-49(61-45)57(53-37(4)31-35(2)32-38(53)5)51-29-25-47(63-51)56(43-19-21-44(22-20-43)68(65,66-59(8,9)10)67-60(11,12)13)48-26-30-52(64-48)58(50-28-24-46(55)62-50)54-39(6)33-36(3)34-40(54)7/h1,15-34,61,64H,2-13H3. The summed E-state index contributed by atoms with van der Waals surface area (Å²) >= 11 is 0. The molecule has 0 radical (unpaired) electrons. The van der Waals surface area contributed by atoms with Gasteiger partial charge in [0.05, 0.1) is 39.3 Å². The van der Waals surface area contributed by atoms with Gasteiger partial charge in [-0.25, -0.2) is 9.97 Å². The highest BCUT2D eigenvalue weighted by atomic mass is 31.2. The molecule has 5 heterocycles. The van der Waals surface area contributed by atoms with Gasteiger partial charge in [-0.05, 0) is 200 Å². The third-order valence-electron chi connectivity index (χ3n) is 12.2. The number of nitrogens with one attached hydrogen (secondary N) is 2. The summed E-state index contributed by atoms with van der Waals surface area (Å²) < 4.78 is 27.3. The Kier molecular flexibility index (Phi) is 11.8. The minimum atomic E-state index is -3.76. The second-order valence-electron chi connectivity index (χ2n) is 20.2. The van der Waals surface area contributed by atoms with Crippen molar-refractivity contribution in [1.82, 2.24) is 19.9 Å². The van der Waals surface area contributed by atoms with Crippen molar-refractivity contribution in [1.29, 1.82) is 0 Å². The van der Waals surface area contributed by atoms with E-state index in [0.29, 0.717) is 5.30 Å². The van der Waals surface area contributed by atoms with Crippen LogP contribution in [0.3, 0.4) is 0 Å². The van der Waals surface area contributed by atoms with E-state index in [1.54, 1.807) is 0 Å². The first-order valence-corrected chi connectivity index (χ1v) is 24.8. The molecule has 0 saturated carbocycles. The molecule has 3 aromatic heterocycles. The molecule has 68 heavy (non-hydrogen) atoms. The number of aryl methyl sites for hydroxylation is 6. The quantitative estimate of drug-likeness (QED) is 0.123. The van der Waals surface area contributed by atoms with Gasteiger partial charge in [0.1, 0.15) is 0 Å². The summed E-state index contributed by atoms with van der Waals surface area (Å²) in [6.45, 7) is 24.3. The van der Waals surface area contributed by atoms with Gasteiger partial charge in [-0.3, -0.25) is 13.6 Å². The van der Waals surface area contributed by atoms with E-state index in [4.69, 9.17) is 25.4 Å². The Morgan fingerprint density at radius 1 is 0.471 bits per heavy atom. The number of hydrogen-bond acceptors (Lipinski definition) is 5. The summed E-state index contributed by atoms with van der Waals surface area (Å²) in [6.07, 6.45) is 14.3. The van der Waals surface area contributed by atoms with E-state index in [-0.39, 0.29) is 0 Å². The molecule has 0 amide bonds. The maximum atomic E-state index is 14.7. The first-order chi connectivity index (χ1) is 32.2. The second-order valence-corrected chi connectivity index (χ2v) is 22.1. The summed E-state index contributed by atoms with van der Waals surface area (Å²) in [7, 11) is -3.76. The van der Waals surface area contributed by atoms with E-state index >= 15 is 0 Å². The Morgan fingerprint density at radius 2 is 0.794 bits per heavy atom. The largest absolute Gasteiger partial charge is 0.362 e. The predicted octanol–water partition coefficient (Wildman–Crippen LogP) is 15.6. The van der Waals surface area contributed by atoms with Crippen molar-refractivity contribution >= 4 is 59.3 Å². The molecule has 2 aliphatic rings. The van der Waals surface area contributed by atoms with Gasteiger partial charge in [-0.1, -0.05) is 65.6 Å². The summed E-state index contributed by atoms with van der Waals surface area (Å²) in [6, 6.07) is 33.4. The number of nitrogens with zero attached hydrogens (tertiary/aromatic N) is 2. The van der Waals surface area contributed by atoms with Gasteiger partial charge in [-0.15, -0.1) is 6.42 Å². The van der Waals surface area contributed by atoms with Crippen LogP contribution < -0.4 is 5.30 Å². The van der Waals surface area contributed by atoms with Crippen LogP contribution in [-0.2, 0) is 13.6 Å². The first kappa shape index (κ1) is 46.3. The number of fused-ring (bicyclic) bond motifs is 8. The molecule has 2 N–H and O–H groups in total. The topological polar surface area (TPSA) is 92.9 Å². The maximum absolute atomic E-state index is 14.7. The van der Waals surface area contributed by atoms with Gasteiger partial charge >= 0.3 is 7.60 Å². The highest BCUT2D eigenvalue weighted by Gasteiger charge is 2.37. The van der Waals surface area contributed by atoms with Crippen LogP contribution in [0.4, 0.5) is 0 Å². The molecule has 0 atom stereocenters. The Labute approximate surface area is 401 Å². The highest BCUT2D eigenvalue weighted by Crippen LogP contribution is 2.53. The fraction of sp³-hybridized carbons (Fsp3) is 0.233. The SMILES string of the molecule is C#Cc1ccc(-c2c3nc(c(-c4c(C)cc(C)cc4C)c4ccc([nH]4)c(-c4ccc(P(=O)(OC(C)(C)C)OC(C)(C)C)cc4)c4nc(c(-c5c(C)cc(C)cc5C)c5ccc2[nH]5)C=C4)C=C3)cc1. The number of H-pyrrole nitrogens is 2. The van der Waals surface area contributed by atoms with Gasteiger partial charge in [-0.2, -0.15) is 0 Å². The number of rotatable bonds is 7. The third-order valence-corrected chi connectivity index (χ3v) is 14.7. The van der Waals surface area contributed by atoms with Crippen molar-refractivity contribution in [2.45, 2.75) is 94.3 Å². The van der Waals surface area contributed by atoms with Crippen molar-refractivity contribution in [3.8, 4) is 56.9 Å². The average molecular weight is 915 g/mol. The molecule has 4 aromatic carbocycles. The molecule has 0 fully saturated rings. The molecular formula is C60H59N4O3P. The lowest BCUT2D eigenvalue weighted by Crippen LogP contribution is -2.28. The summed E-state index contributed by atoms with van der Waals surface area (Å²) in [5, 5.41) is 0.480. The number of terminal acetylenes is 1. The number of hydrogen-bond donors (Lipinski definition) is 2. The van der Waals surface area contributed by atoms with E-state index < -0.39 is 18.8 Å². The van der Waals surface area contributed by atoms with Crippen LogP contribution in [0.2, 0.25) is 0 Å². The number of aromatic nitrogens is 4. The Hall–Kier alpha value is -6.81. The third kappa shape index (κ3) is 9.00. The van der Waals surface area contributed by atoms with E-state index in [0.717, 1.165) is 117 Å². The van der Waals surface area contributed by atoms with Crippen molar-refractivity contribution in [3.05, 3.63) is 159 Å². The van der Waals surface area contributed by atoms with Gasteiger partial charge < -0.3 is 9.97 Å². The van der Waals surface area contributed by atoms with Crippen molar-refractivity contribution in [3.63, 3.8) is 0 Å². The molecule has 0 unspecified atom stereocenters. The average Bonchev–Trinajstić information content (AvgIpc) is 4.09. The van der Waals surface area contributed by atoms with Crippen LogP contribution in [0, 0.1) is 53.9 Å². The monoisotopic (exact) mass is 914 g/mol. The molecular weight excluding hydrogens is 856 g/mol. The van der Waals surface area contributed by atoms with Crippen LogP contribution in [-0.4, -0.2) is 31.1 Å². The molecule has 7 nitrogen and oxygen atoms in total. The lowest BCUT2D eigenvalue weighted by atomic mass is 9.92. The maximum Gasteiger partial charge on any atom is 0.362 e. The minimum Gasteiger partial charge on any atom is -0.354 e. The minimum absolute atomic E-state index is 0.480. The van der Waals surface area contributed by atoms with Crippen molar-refractivity contribution in [2.75, 3.05) is 0 Å².